The van der Waals surface area contributed by atoms with Crippen LogP contribution in [0, 0.1) is 5.92 Å². The molecule has 0 aliphatic carbocycles. The number of carbonyl (C=O) groups excluding carboxylic acids is 2. The number of allylic oxidation sites excluding steroid dienone is 3. The largest absolute Gasteiger partial charge is 0.507 e. The molecule has 2 N–H and O–H groups in total. The second-order valence-electron chi connectivity index (χ2n) is 8.93. The van der Waals surface area contributed by atoms with Crippen molar-refractivity contribution >= 4 is 29.2 Å². The summed E-state index contributed by atoms with van der Waals surface area (Å²) >= 11 is 6.36. The number of phenols is 2. The molecular weight excluding hydrogens is 472 g/mol. The van der Waals surface area contributed by atoms with Crippen LogP contribution in [0.25, 0.3) is 0 Å². The molecule has 2 aliphatic heterocycles. The summed E-state index contributed by atoms with van der Waals surface area (Å²) < 4.78 is 5.59. The summed E-state index contributed by atoms with van der Waals surface area (Å²) in [6, 6.07) is 1.01. The zero-order chi connectivity index (χ0) is 25.4. The molecule has 1 amide bonds. The number of esters is 1. The molecule has 9 heteroatoms. The number of hydrogen-bond donors (Lipinski definition) is 2. The number of carbonyl (C=O) groups is 2. The quantitative estimate of drug-likeness (QED) is 0.349. The van der Waals surface area contributed by atoms with Crippen LogP contribution in [-0.2, 0) is 20.8 Å². The fraction of sp³-hybridized carbons (Fsp3) is 0.500. The Morgan fingerprint density at radius 3 is 2.63 bits per heavy atom. The van der Waals surface area contributed by atoms with Crippen molar-refractivity contribution in [2.24, 2.45) is 11.1 Å². The van der Waals surface area contributed by atoms with Crippen molar-refractivity contribution in [3.8, 4) is 11.5 Å². The molecule has 1 saturated heterocycles. The molecule has 2 atom stereocenters. The first-order chi connectivity index (χ1) is 16.8. The van der Waals surface area contributed by atoms with E-state index in [9.17, 15) is 19.8 Å². The van der Waals surface area contributed by atoms with E-state index < -0.39 is 17.8 Å². The maximum Gasteiger partial charge on any atom is 0.342 e. The second-order valence-corrected chi connectivity index (χ2v) is 9.31. The molecule has 1 fully saturated rings. The van der Waals surface area contributed by atoms with E-state index in [2.05, 4.69) is 5.16 Å². The van der Waals surface area contributed by atoms with Gasteiger partial charge in [-0.2, -0.15) is 0 Å². The SMILES string of the molecule is C[C@H]1C=CCCC=CC(=NOCC(=O)N2CCCCC2)Cc2c(Cl)c(O)cc(O)c2C(=O)O[C@@H]1C. The van der Waals surface area contributed by atoms with Gasteiger partial charge in [-0.15, -0.1) is 0 Å². The number of cyclic esters (lactones) is 1. The topological polar surface area (TPSA) is 109 Å². The summed E-state index contributed by atoms with van der Waals surface area (Å²) in [5, 5.41) is 24.7. The minimum atomic E-state index is -0.756. The molecule has 0 spiro atoms. The number of benzene rings is 1. The molecule has 0 unspecified atom stereocenters. The number of rotatable bonds is 3. The lowest BCUT2D eigenvalue weighted by Crippen LogP contribution is -2.37. The van der Waals surface area contributed by atoms with Gasteiger partial charge in [0.05, 0.1) is 10.7 Å². The number of halogens is 1. The second kappa shape index (κ2) is 12.6. The van der Waals surface area contributed by atoms with E-state index in [0.717, 1.165) is 38.2 Å². The third-order valence-corrected chi connectivity index (χ3v) is 6.67. The Labute approximate surface area is 210 Å². The summed E-state index contributed by atoms with van der Waals surface area (Å²) in [4.78, 5) is 32.6. The molecule has 1 aromatic carbocycles. The average Bonchev–Trinajstić information content (AvgIpc) is 2.83. The van der Waals surface area contributed by atoms with Gasteiger partial charge in [-0.1, -0.05) is 41.9 Å². The summed E-state index contributed by atoms with van der Waals surface area (Å²) in [7, 11) is 0. The zero-order valence-corrected chi connectivity index (χ0v) is 21.0. The Bertz CT molecular complexity index is 1010. The molecule has 8 nitrogen and oxygen atoms in total. The van der Waals surface area contributed by atoms with Gasteiger partial charge in [0.2, 0.25) is 0 Å². The van der Waals surface area contributed by atoms with Crippen LogP contribution >= 0.6 is 11.6 Å². The molecule has 0 saturated carbocycles. The number of hydrogen-bond acceptors (Lipinski definition) is 7. The Morgan fingerprint density at radius 1 is 1.17 bits per heavy atom. The molecule has 2 heterocycles. The van der Waals surface area contributed by atoms with E-state index >= 15 is 0 Å². The van der Waals surface area contributed by atoms with Gasteiger partial charge in [-0.25, -0.2) is 4.79 Å². The van der Waals surface area contributed by atoms with Gasteiger partial charge < -0.3 is 24.7 Å². The lowest BCUT2D eigenvalue weighted by atomic mass is 9.98. The summed E-state index contributed by atoms with van der Waals surface area (Å²) in [5.41, 5.74) is 0.397. The van der Waals surface area contributed by atoms with Gasteiger partial charge in [0.25, 0.3) is 5.91 Å². The van der Waals surface area contributed by atoms with Crippen LogP contribution in [0.15, 0.2) is 35.5 Å². The first-order valence-electron chi connectivity index (χ1n) is 12.0. The van der Waals surface area contributed by atoms with Crippen LogP contribution < -0.4 is 0 Å². The van der Waals surface area contributed by atoms with E-state index in [1.165, 1.54) is 0 Å². The summed E-state index contributed by atoms with van der Waals surface area (Å²) in [6.45, 7) is 4.94. The van der Waals surface area contributed by atoms with E-state index in [1.54, 1.807) is 17.9 Å². The van der Waals surface area contributed by atoms with E-state index in [-0.39, 0.29) is 46.8 Å². The van der Waals surface area contributed by atoms with E-state index in [1.807, 2.05) is 25.2 Å². The molecule has 0 aromatic heterocycles. The highest BCUT2D eigenvalue weighted by atomic mass is 35.5. The maximum absolute atomic E-state index is 13.0. The van der Waals surface area contributed by atoms with E-state index in [4.69, 9.17) is 21.2 Å². The highest BCUT2D eigenvalue weighted by Crippen LogP contribution is 2.37. The number of nitrogens with zero attached hydrogens (tertiary/aromatic N) is 2. The lowest BCUT2D eigenvalue weighted by molar-refractivity contribution is -0.137. The predicted molar refractivity (Wildman–Crippen MR) is 134 cm³/mol. The van der Waals surface area contributed by atoms with Crippen LogP contribution in [0.2, 0.25) is 5.02 Å². The molecule has 0 bridgehead atoms. The standard InChI is InChI=1S/C26H33ClN2O6/c1-17-10-6-3-4-7-11-19(28-34-16-23(32)29-12-8-5-9-13-29)14-20-24(26(33)35-18(17)2)21(30)15-22(31)25(20)27/h6-7,10-11,15,17-18,30-31H,3-5,8-9,12-14,16H2,1-2H3/t17-,18+/m0/s1. The van der Waals surface area contributed by atoms with Gasteiger partial charge in [-0.05, 0) is 50.7 Å². The van der Waals surface area contributed by atoms with Crippen molar-refractivity contribution in [2.45, 2.75) is 58.5 Å². The minimum absolute atomic E-state index is 0.0284. The Morgan fingerprint density at radius 2 is 1.89 bits per heavy atom. The number of fused-ring (bicyclic) bond motifs is 1. The number of likely N-dealkylation sites (tertiary alicyclic amines) is 1. The Hall–Kier alpha value is -3.00. The predicted octanol–water partition coefficient (Wildman–Crippen LogP) is 4.77. The molecule has 35 heavy (non-hydrogen) atoms. The van der Waals surface area contributed by atoms with Crippen LogP contribution in [0.1, 0.15) is 61.9 Å². The Kier molecular flexibility index (Phi) is 9.60. The maximum atomic E-state index is 13.0. The van der Waals surface area contributed by atoms with Crippen molar-refractivity contribution in [1.82, 2.24) is 4.90 Å². The summed E-state index contributed by atoms with van der Waals surface area (Å²) in [6.07, 6.45) is 11.7. The number of aromatic hydroxyl groups is 2. The van der Waals surface area contributed by atoms with Crippen molar-refractivity contribution in [1.29, 1.82) is 0 Å². The van der Waals surface area contributed by atoms with Gasteiger partial charge in [-0.3, -0.25) is 4.79 Å². The van der Waals surface area contributed by atoms with Gasteiger partial charge in [0.1, 0.15) is 23.2 Å². The molecule has 2 aliphatic rings. The monoisotopic (exact) mass is 504 g/mol. The highest BCUT2D eigenvalue weighted by Gasteiger charge is 2.27. The third kappa shape index (κ3) is 7.24. The van der Waals surface area contributed by atoms with Gasteiger partial charge >= 0.3 is 5.97 Å². The molecule has 1 aromatic rings. The van der Waals surface area contributed by atoms with Crippen LogP contribution in [0.5, 0.6) is 11.5 Å². The number of piperidine rings is 1. The van der Waals surface area contributed by atoms with E-state index in [0.29, 0.717) is 18.8 Å². The smallest absolute Gasteiger partial charge is 0.342 e. The molecular formula is C26H33ClN2O6. The van der Waals surface area contributed by atoms with Gasteiger partial charge in [0, 0.05) is 31.5 Å². The van der Waals surface area contributed by atoms with Crippen molar-refractivity contribution in [3.05, 3.63) is 46.5 Å². The Balaban J connectivity index is 1.90. The average molecular weight is 505 g/mol. The lowest BCUT2D eigenvalue weighted by Gasteiger charge is -2.26. The third-order valence-electron chi connectivity index (χ3n) is 6.25. The van der Waals surface area contributed by atoms with Gasteiger partial charge in [0.15, 0.2) is 6.61 Å². The normalized spacial score (nSPS) is 22.9. The fourth-order valence-electron chi connectivity index (χ4n) is 4.00. The highest BCUT2D eigenvalue weighted by molar-refractivity contribution is 6.33. The van der Waals surface area contributed by atoms with Crippen molar-refractivity contribution in [2.75, 3.05) is 19.7 Å². The zero-order valence-electron chi connectivity index (χ0n) is 20.2. The van der Waals surface area contributed by atoms with Crippen LogP contribution in [0.3, 0.4) is 0 Å². The number of amides is 1. The van der Waals surface area contributed by atoms with Crippen molar-refractivity contribution in [3.63, 3.8) is 0 Å². The first kappa shape index (κ1) is 26.6. The number of phenolic OH excluding ortho intramolecular Hbond substituents is 2. The van der Waals surface area contributed by atoms with Crippen LogP contribution in [0.4, 0.5) is 0 Å². The molecule has 190 valence electrons. The van der Waals surface area contributed by atoms with Crippen molar-refractivity contribution < 1.29 is 29.4 Å². The number of oxime groups is 1. The summed E-state index contributed by atoms with van der Waals surface area (Å²) in [5.74, 6) is -1.74. The number of ether oxygens (including phenoxy) is 1. The molecule has 3 rings (SSSR count). The molecule has 0 radical (unpaired) electrons. The van der Waals surface area contributed by atoms with Crippen LogP contribution in [-0.4, -0.2) is 58.5 Å². The minimum Gasteiger partial charge on any atom is -0.507 e. The first-order valence-corrected chi connectivity index (χ1v) is 12.4. The fourth-order valence-corrected chi connectivity index (χ4v) is 4.22.